The lowest BCUT2D eigenvalue weighted by Gasteiger charge is -2.18. The van der Waals surface area contributed by atoms with E-state index < -0.39 is 0 Å². The first-order chi connectivity index (χ1) is 11.4. The molecule has 6 heteroatoms. The smallest absolute Gasteiger partial charge is 0.274 e. The molecule has 1 N–H and O–H groups in total. The summed E-state index contributed by atoms with van der Waals surface area (Å²) in [6.45, 7) is 6.74. The predicted molar refractivity (Wildman–Crippen MR) is 99.1 cm³/mol. The highest BCUT2D eigenvalue weighted by molar-refractivity contribution is 6.31. The van der Waals surface area contributed by atoms with Crippen molar-refractivity contribution >= 4 is 29.0 Å². The number of rotatable bonds is 6. The molecule has 2 aromatic rings. The average Bonchev–Trinajstić information content (AvgIpc) is 2.55. The van der Waals surface area contributed by atoms with Crippen LogP contribution in [0.5, 0.6) is 0 Å². The predicted octanol–water partition coefficient (Wildman–Crippen LogP) is 4.24. The Balaban J connectivity index is 2.19. The summed E-state index contributed by atoms with van der Waals surface area (Å²) >= 11 is 6.10. The number of halogens is 1. The lowest BCUT2D eigenvalue weighted by Crippen LogP contribution is -2.22. The van der Waals surface area contributed by atoms with Crippen molar-refractivity contribution in [1.82, 2.24) is 9.97 Å². The van der Waals surface area contributed by atoms with Crippen LogP contribution in [0.4, 0.5) is 11.5 Å². The lowest BCUT2D eigenvalue weighted by molar-refractivity contribution is 0.102. The van der Waals surface area contributed by atoms with Gasteiger partial charge in [0.05, 0.1) is 0 Å². The van der Waals surface area contributed by atoms with Crippen LogP contribution in [-0.2, 0) is 0 Å². The van der Waals surface area contributed by atoms with Gasteiger partial charge < -0.3 is 10.2 Å². The van der Waals surface area contributed by atoms with Gasteiger partial charge in [-0.1, -0.05) is 31.0 Å². The maximum absolute atomic E-state index is 12.5. The molecule has 1 aromatic heterocycles. The van der Waals surface area contributed by atoms with Crippen LogP contribution in [0.25, 0.3) is 0 Å². The molecule has 1 heterocycles. The zero-order valence-electron chi connectivity index (χ0n) is 14.6. The minimum Gasteiger partial charge on any atom is -0.360 e. The minimum absolute atomic E-state index is 0.273. The van der Waals surface area contributed by atoms with Crippen molar-refractivity contribution in [2.45, 2.75) is 33.6 Å². The largest absolute Gasteiger partial charge is 0.360 e. The number of hydrogen-bond acceptors (Lipinski definition) is 4. The third-order valence-corrected chi connectivity index (χ3v) is 4.13. The summed E-state index contributed by atoms with van der Waals surface area (Å²) in [6, 6.07) is 7.14. The SMILES string of the molecule is CCCCN(C)c1cc(C(=O)Nc2ccc(C)c(Cl)c2)nc(C)n1. The molecular formula is C18H23ClN4O. The number of nitrogens with one attached hydrogen (secondary N) is 1. The first-order valence-electron chi connectivity index (χ1n) is 8.05. The Morgan fingerprint density at radius 3 is 2.67 bits per heavy atom. The number of carbonyl (C=O) groups excluding carboxylic acids is 1. The Bertz CT molecular complexity index is 733. The van der Waals surface area contributed by atoms with Gasteiger partial charge in [0, 0.05) is 30.4 Å². The van der Waals surface area contributed by atoms with E-state index in [-0.39, 0.29) is 5.91 Å². The molecule has 0 saturated carbocycles. The van der Waals surface area contributed by atoms with E-state index >= 15 is 0 Å². The van der Waals surface area contributed by atoms with Crippen LogP contribution in [0.3, 0.4) is 0 Å². The van der Waals surface area contributed by atoms with Gasteiger partial charge in [-0.15, -0.1) is 0 Å². The van der Waals surface area contributed by atoms with Crippen molar-refractivity contribution in [3.05, 3.63) is 46.4 Å². The van der Waals surface area contributed by atoms with E-state index in [0.29, 0.717) is 22.2 Å². The molecule has 0 aliphatic carbocycles. The molecule has 0 spiro atoms. The third-order valence-electron chi connectivity index (χ3n) is 3.72. The van der Waals surface area contributed by atoms with E-state index in [1.54, 1.807) is 19.1 Å². The maximum Gasteiger partial charge on any atom is 0.274 e. The molecule has 0 fully saturated rings. The number of nitrogens with zero attached hydrogens (tertiary/aromatic N) is 3. The van der Waals surface area contributed by atoms with Crippen molar-refractivity contribution < 1.29 is 4.79 Å². The van der Waals surface area contributed by atoms with E-state index in [9.17, 15) is 4.79 Å². The summed E-state index contributed by atoms with van der Waals surface area (Å²) in [6.07, 6.45) is 2.18. The van der Waals surface area contributed by atoms with Gasteiger partial charge >= 0.3 is 0 Å². The molecular weight excluding hydrogens is 324 g/mol. The second-order valence-corrected chi connectivity index (χ2v) is 6.26. The van der Waals surface area contributed by atoms with Crippen molar-refractivity contribution in [2.24, 2.45) is 0 Å². The maximum atomic E-state index is 12.5. The standard InChI is InChI=1S/C18H23ClN4O/c1-5-6-9-23(4)17-11-16(20-13(3)21-17)18(24)22-14-8-7-12(2)15(19)10-14/h7-8,10-11H,5-6,9H2,1-4H3,(H,22,24). The van der Waals surface area contributed by atoms with Crippen LogP contribution in [0.1, 0.15) is 41.6 Å². The Morgan fingerprint density at radius 2 is 2.00 bits per heavy atom. The quantitative estimate of drug-likeness (QED) is 0.850. The number of benzene rings is 1. The fourth-order valence-corrected chi connectivity index (χ4v) is 2.42. The molecule has 0 aliphatic rings. The number of anilines is 2. The monoisotopic (exact) mass is 346 g/mol. The van der Waals surface area contributed by atoms with Gasteiger partial charge in [-0.25, -0.2) is 9.97 Å². The molecule has 1 amide bonds. The summed E-state index contributed by atoms with van der Waals surface area (Å²) in [5.41, 5.74) is 1.96. The van der Waals surface area contributed by atoms with Crippen LogP contribution in [0, 0.1) is 13.8 Å². The van der Waals surface area contributed by atoms with Crippen molar-refractivity contribution in [3.63, 3.8) is 0 Å². The van der Waals surface area contributed by atoms with Gasteiger partial charge in [0.25, 0.3) is 5.91 Å². The summed E-state index contributed by atoms with van der Waals surface area (Å²) in [5.74, 6) is 1.05. The molecule has 0 atom stereocenters. The lowest BCUT2D eigenvalue weighted by atomic mass is 10.2. The minimum atomic E-state index is -0.273. The second-order valence-electron chi connectivity index (χ2n) is 5.85. The third kappa shape index (κ3) is 4.68. The fourth-order valence-electron chi connectivity index (χ4n) is 2.24. The van der Waals surface area contributed by atoms with Crippen LogP contribution in [-0.4, -0.2) is 29.5 Å². The van der Waals surface area contributed by atoms with Crippen molar-refractivity contribution in [2.75, 3.05) is 23.8 Å². The molecule has 0 unspecified atom stereocenters. The highest BCUT2D eigenvalue weighted by atomic mass is 35.5. The van der Waals surface area contributed by atoms with Crippen LogP contribution < -0.4 is 10.2 Å². The molecule has 128 valence electrons. The van der Waals surface area contributed by atoms with E-state index in [1.807, 2.05) is 31.0 Å². The van der Waals surface area contributed by atoms with Crippen LogP contribution >= 0.6 is 11.6 Å². The molecule has 1 aromatic carbocycles. The number of amides is 1. The summed E-state index contributed by atoms with van der Waals surface area (Å²) in [4.78, 5) is 23.2. The molecule has 0 aliphatic heterocycles. The van der Waals surface area contributed by atoms with E-state index in [1.165, 1.54) is 0 Å². The Hall–Kier alpha value is -2.14. The Kier molecular flexibility index (Phi) is 6.15. The molecule has 5 nitrogen and oxygen atoms in total. The summed E-state index contributed by atoms with van der Waals surface area (Å²) in [5, 5.41) is 3.45. The van der Waals surface area contributed by atoms with E-state index in [2.05, 4.69) is 22.2 Å². The number of carbonyl (C=O) groups is 1. The van der Waals surface area contributed by atoms with Gasteiger partial charge in [0.1, 0.15) is 17.3 Å². The number of hydrogen-bond donors (Lipinski definition) is 1. The van der Waals surface area contributed by atoms with Gasteiger partial charge in [0.15, 0.2) is 0 Å². The number of unbranched alkanes of at least 4 members (excludes halogenated alkanes) is 1. The highest BCUT2D eigenvalue weighted by Crippen LogP contribution is 2.21. The van der Waals surface area contributed by atoms with Crippen molar-refractivity contribution in [3.8, 4) is 0 Å². The number of aryl methyl sites for hydroxylation is 2. The van der Waals surface area contributed by atoms with Gasteiger partial charge in [-0.3, -0.25) is 4.79 Å². The van der Waals surface area contributed by atoms with Gasteiger partial charge in [0.2, 0.25) is 0 Å². The van der Waals surface area contributed by atoms with Gasteiger partial charge in [-0.2, -0.15) is 0 Å². The normalized spacial score (nSPS) is 10.5. The highest BCUT2D eigenvalue weighted by Gasteiger charge is 2.13. The first-order valence-corrected chi connectivity index (χ1v) is 8.43. The van der Waals surface area contributed by atoms with E-state index in [0.717, 1.165) is 30.8 Å². The molecule has 24 heavy (non-hydrogen) atoms. The average molecular weight is 347 g/mol. The first kappa shape index (κ1) is 18.2. The van der Waals surface area contributed by atoms with E-state index in [4.69, 9.17) is 11.6 Å². The van der Waals surface area contributed by atoms with Gasteiger partial charge in [-0.05, 0) is 38.0 Å². The topological polar surface area (TPSA) is 58.1 Å². The zero-order chi connectivity index (χ0) is 17.7. The Morgan fingerprint density at radius 1 is 1.25 bits per heavy atom. The molecule has 0 saturated heterocycles. The fraction of sp³-hybridized carbons (Fsp3) is 0.389. The Labute approximate surface area is 148 Å². The second kappa shape index (κ2) is 8.11. The van der Waals surface area contributed by atoms with Crippen LogP contribution in [0.15, 0.2) is 24.3 Å². The van der Waals surface area contributed by atoms with Crippen molar-refractivity contribution in [1.29, 1.82) is 0 Å². The summed E-state index contributed by atoms with van der Waals surface area (Å²) in [7, 11) is 1.97. The van der Waals surface area contributed by atoms with Crippen LogP contribution in [0.2, 0.25) is 5.02 Å². The zero-order valence-corrected chi connectivity index (χ0v) is 15.3. The molecule has 2 rings (SSSR count). The molecule has 0 bridgehead atoms. The number of aromatic nitrogens is 2. The molecule has 0 radical (unpaired) electrons. The summed E-state index contributed by atoms with van der Waals surface area (Å²) < 4.78 is 0.